The minimum Gasteiger partial charge on any atom is -0.507 e. The number of carbonyl (C=O) groups excluding carboxylic acids is 2. The zero-order valence-corrected chi connectivity index (χ0v) is 7.98. The Morgan fingerprint density at radius 1 is 1.47 bits per heavy atom. The molecule has 6 heteroatoms. The lowest BCUT2D eigenvalue weighted by Gasteiger charge is -2.05. The fourth-order valence-electron chi connectivity index (χ4n) is 1.02. The molecule has 1 rings (SSSR count). The number of phenols is 1. The van der Waals surface area contributed by atoms with Crippen LogP contribution < -0.4 is 11.2 Å². The molecule has 0 radical (unpaired) electrons. The quantitative estimate of drug-likeness (QED) is 0.600. The maximum Gasteiger partial charge on any atom is 0.278 e. The second-order valence-corrected chi connectivity index (χ2v) is 2.73. The zero-order chi connectivity index (χ0) is 11.4. The van der Waals surface area contributed by atoms with Gasteiger partial charge >= 0.3 is 0 Å². The molecule has 4 N–H and O–H groups in total. The van der Waals surface area contributed by atoms with E-state index in [9.17, 15) is 14.7 Å². The molecule has 1 aromatic carbocycles. The van der Waals surface area contributed by atoms with Crippen LogP contribution in [0.3, 0.4) is 0 Å². The van der Waals surface area contributed by atoms with E-state index in [1.807, 2.05) is 5.48 Å². The van der Waals surface area contributed by atoms with Crippen LogP contribution in [0, 0.1) is 0 Å². The van der Waals surface area contributed by atoms with Gasteiger partial charge in [-0.1, -0.05) is 0 Å². The fraction of sp³-hybridized carbons (Fsp3) is 0.111. The number of primary amides is 1. The molecular weight excluding hydrogens is 200 g/mol. The number of nitrogens with two attached hydrogens (primary N) is 1. The molecule has 0 saturated heterocycles. The summed E-state index contributed by atoms with van der Waals surface area (Å²) in [7, 11) is 1.27. The first-order valence-corrected chi connectivity index (χ1v) is 4.02. The van der Waals surface area contributed by atoms with Crippen LogP contribution in [-0.2, 0) is 4.84 Å². The minimum atomic E-state index is -0.677. The van der Waals surface area contributed by atoms with Gasteiger partial charge in [0.2, 0.25) is 5.91 Å². The lowest BCUT2D eigenvalue weighted by atomic mass is 10.1. The van der Waals surface area contributed by atoms with Gasteiger partial charge in [0.1, 0.15) is 5.75 Å². The highest BCUT2D eigenvalue weighted by atomic mass is 16.6. The average Bonchev–Trinajstić information content (AvgIpc) is 2.17. The van der Waals surface area contributed by atoms with Crippen molar-refractivity contribution in [3.8, 4) is 5.75 Å². The molecule has 0 saturated carbocycles. The van der Waals surface area contributed by atoms with E-state index < -0.39 is 11.8 Å². The van der Waals surface area contributed by atoms with Crippen molar-refractivity contribution >= 4 is 11.8 Å². The van der Waals surface area contributed by atoms with Crippen molar-refractivity contribution in [2.45, 2.75) is 0 Å². The molecule has 0 unspecified atom stereocenters. The van der Waals surface area contributed by atoms with E-state index in [2.05, 4.69) is 4.84 Å². The monoisotopic (exact) mass is 210 g/mol. The molecular formula is C9H10N2O4. The molecule has 0 heterocycles. The summed E-state index contributed by atoms with van der Waals surface area (Å²) in [5.41, 5.74) is 7.16. The maximum atomic E-state index is 11.2. The second kappa shape index (κ2) is 4.43. The Morgan fingerprint density at radius 2 is 2.13 bits per heavy atom. The number of carbonyl (C=O) groups is 2. The van der Waals surface area contributed by atoms with Gasteiger partial charge < -0.3 is 10.8 Å². The van der Waals surface area contributed by atoms with E-state index in [0.717, 1.165) is 6.07 Å². The fourth-order valence-corrected chi connectivity index (χ4v) is 1.02. The van der Waals surface area contributed by atoms with Gasteiger partial charge in [0.25, 0.3) is 5.91 Å². The highest BCUT2D eigenvalue weighted by molar-refractivity contribution is 5.99. The van der Waals surface area contributed by atoms with E-state index in [1.165, 1.54) is 19.2 Å². The number of nitrogens with one attached hydrogen (secondary N) is 1. The Bertz CT molecular complexity index is 403. The van der Waals surface area contributed by atoms with Gasteiger partial charge in [-0.05, 0) is 18.2 Å². The predicted octanol–water partition coefficient (Wildman–Crippen LogP) is -0.218. The van der Waals surface area contributed by atoms with Gasteiger partial charge in [0, 0.05) is 5.56 Å². The summed E-state index contributed by atoms with van der Waals surface area (Å²) in [6.07, 6.45) is 0. The summed E-state index contributed by atoms with van der Waals surface area (Å²) in [6, 6.07) is 3.74. The smallest absolute Gasteiger partial charge is 0.278 e. The van der Waals surface area contributed by atoms with Crippen LogP contribution in [0.2, 0.25) is 0 Å². The van der Waals surface area contributed by atoms with Gasteiger partial charge in [-0.3, -0.25) is 14.4 Å². The van der Waals surface area contributed by atoms with Gasteiger partial charge in [-0.15, -0.1) is 0 Å². The Hall–Kier alpha value is -2.08. The third-order valence-electron chi connectivity index (χ3n) is 1.72. The Morgan fingerprint density at radius 3 is 2.60 bits per heavy atom. The molecule has 0 fully saturated rings. The van der Waals surface area contributed by atoms with Crippen LogP contribution in [0.15, 0.2) is 18.2 Å². The molecule has 2 amide bonds. The van der Waals surface area contributed by atoms with E-state index in [0.29, 0.717) is 0 Å². The van der Waals surface area contributed by atoms with Crippen molar-refractivity contribution < 1.29 is 19.5 Å². The predicted molar refractivity (Wildman–Crippen MR) is 51.1 cm³/mol. The van der Waals surface area contributed by atoms with Crippen molar-refractivity contribution in [3.63, 3.8) is 0 Å². The van der Waals surface area contributed by atoms with Crippen molar-refractivity contribution in [2.24, 2.45) is 5.73 Å². The van der Waals surface area contributed by atoms with Crippen LogP contribution in [0.25, 0.3) is 0 Å². The molecule has 15 heavy (non-hydrogen) atoms. The van der Waals surface area contributed by atoms with Crippen LogP contribution in [-0.4, -0.2) is 24.0 Å². The largest absolute Gasteiger partial charge is 0.507 e. The summed E-state index contributed by atoms with van der Waals surface area (Å²) in [6.45, 7) is 0. The first-order chi connectivity index (χ1) is 7.06. The average molecular weight is 210 g/mol. The van der Waals surface area contributed by atoms with E-state index in [4.69, 9.17) is 5.73 Å². The molecule has 0 aliphatic rings. The highest BCUT2D eigenvalue weighted by Crippen LogP contribution is 2.18. The normalized spacial score (nSPS) is 9.67. The van der Waals surface area contributed by atoms with Crippen molar-refractivity contribution in [1.29, 1.82) is 0 Å². The van der Waals surface area contributed by atoms with Gasteiger partial charge in [-0.25, -0.2) is 5.48 Å². The summed E-state index contributed by atoms with van der Waals surface area (Å²) < 4.78 is 0. The molecule has 6 nitrogen and oxygen atoms in total. The lowest BCUT2D eigenvalue weighted by molar-refractivity contribution is 0.0535. The highest BCUT2D eigenvalue weighted by Gasteiger charge is 2.12. The second-order valence-electron chi connectivity index (χ2n) is 2.73. The first-order valence-electron chi connectivity index (χ1n) is 4.02. The summed E-state index contributed by atoms with van der Waals surface area (Å²) in [5.74, 6) is -1.61. The molecule has 0 aliphatic heterocycles. The Kier molecular flexibility index (Phi) is 3.25. The zero-order valence-electron chi connectivity index (χ0n) is 7.98. The van der Waals surface area contributed by atoms with Crippen molar-refractivity contribution in [1.82, 2.24) is 5.48 Å². The topological polar surface area (TPSA) is 102 Å². The SMILES string of the molecule is CONC(=O)c1ccc(C(N)=O)cc1O. The standard InChI is InChI=1S/C9H10N2O4/c1-15-11-9(14)6-3-2-5(8(10)13)4-7(6)12/h2-4,12H,1H3,(H2,10,13)(H,11,14). The molecule has 0 spiro atoms. The summed E-state index contributed by atoms with van der Waals surface area (Å²) >= 11 is 0. The van der Waals surface area contributed by atoms with E-state index in [1.54, 1.807) is 0 Å². The third kappa shape index (κ3) is 2.44. The first kappa shape index (κ1) is 11.0. The number of aromatic hydroxyl groups is 1. The van der Waals surface area contributed by atoms with Gasteiger partial charge in [0.05, 0.1) is 12.7 Å². The molecule has 0 bridgehead atoms. The van der Waals surface area contributed by atoms with Gasteiger partial charge in [-0.2, -0.15) is 0 Å². The van der Waals surface area contributed by atoms with Crippen molar-refractivity contribution in [2.75, 3.05) is 7.11 Å². The number of rotatable bonds is 3. The van der Waals surface area contributed by atoms with Crippen molar-refractivity contribution in [3.05, 3.63) is 29.3 Å². The van der Waals surface area contributed by atoms with Crippen LogP contribution in [0.4, 0.5) is 0 Å². The molecule has 80 valence electrons. The molecule has 0 atom stereocenters. The summed E-state index contributed by atoms with van der Waals surface area (Å²) in [4.78, 5) is 26.4. The minimum absolute atomic E-state index is 0.00171. The van der Waals surface area contributed by atoms with Crippen LogP contribution in [0.1, 0.15) is 20.7 Å². The molecule has 0 aromatic heterocycles. The Balaban J connectivity index is 3.03. The van der Waals surface area contributed by atoms with Gasteiger partial charge in [0.15, 0.2) is 0 Å². The van der Waals surface area contributed by atoms with Crippen LogP contribution >= 0.6 is 0 Å². The van der Waals surface area contributed by atoms with E-state index >= 15 is 0 Å². The maximum absolute atomic E-state index is 11.2. The summed E-state index contributed by atoms with van der Waals surface area (Å²) in [5, 5.41) is 9.41. The lowest BCUT2D eigenvalue weighted by Crippen LogP contribution is -2.22. The molecule has 0 aliphatic carbocycles. The van der Waals surface area contributed by atoms with Crippen LogP contribution in [0.5, 0.6) is 5.75 Å². The number of amides is 2. The number of hydroxylamine groups is 1. The number of hydrogen-bond donors (Lipinski definition) is 3. The number of benzene rings is 1. The molecule has 1 aromatic rings. The number of phenolic OH excluding ortho intramolecular Hbond substituents is 1. The Labute approximate surface area is 85.6 Å². The van der Waals surface area contributed by atoms with E-state index in [-0.39, 0.29) is 16.9 Å². The number of hydrogen-bond acceptors (Lipinski definition) is 4. The third-order valence-corrected chi connectivity index (χ3v) is 1.72.